The molecule has 0 atom stereocenters. The van der Waals surface area contributed by atoms with Crippen LogP contribution in [0.25, 0.3) is 0 Å². The standard InChI is InChI=1S/C19H22N4O/c1-13-22(3)16-7-5-14(11-18(16)23(13)4)20-15-6-8-17-19(12-15)24-10-9-21(17)2/h5-8,11-12,20H,1,9-10H2,2-4H3. The summed E-state index contributed by atoms with van der Waals surface area (Å²) in [4.78, 5) is 6.42. The molecule has 5 nitrogen and oxygen atoms in total. The molecule has 1 N–H and O–H groups in total. The van der Waals surface area contributed by atoms with Crippen LogP contribution in [0.4, 0.5) is 28.4 Å². The highest BCUT2D eigenvalue weighted by atomic mass is 16.5. The second-order valence-electron chi connectivity index (χ2n) is 6.32. The predicted octanol–water partition coefficient (Wildman–Crippen LogP) is 3.62. The summed E-state index contributed by atoms with van der Waals surface area (Å²) in [6.07, 6.45) is 0. The van der Waals surface area contributed by atoms with Gasteiger partial charge in [0.15, 0.2) is 0 Å². The number of fused-ring (bicyclic) bond motifs is 2. The number of nitrogens with one attached hydrogen (secondary N) is 1. The minimum Gasteiger partial charge on any atom is -0.489 e. The molecule has 2 aromatic rings. The van der Waals surface area contributed by atoms with Gasteiger partial charge < -0.3 is 24.8 Å². The van der Waals surface area contributed by atoms with Crippen LogP contribution in [-0.2, 0) is 0 Å². The van der Waals surface area contributed by atoms with E-state index in [0.717, 1.165) is 47.5 Å². The van der Waals surface area contributed by atoms with Gasteiger partial charge in [0.25, 0.3) is 0 Å². The van der Waals surface area contributed by atoms with Crippen molar-refractivity contribution in [2.75, 3.05) is 54.3 Å². The molecule has 2 aromatic carbocycles. The third-order valence-electron chi connectivity index (χ3n) is 4.82. The molecule has 2 aliphatic heterocycles. The first-order chi connectivity index (χ1) is 11.5. The molecule has 0 saturated carbocycles. The van der Waals surface area contributed by atoms with E-state index in [9.17, 15) is 0 Å². The molecule has 0 fully saturated rings. The van der Waals surface area contributed by atoms with Gasteiger partial charge in [-0.15, -0.1) is 0 Å². The molecule has 0 bridgehead atoms. The van der Waals surface area contributed by atoms with Gasteiger partial charge in [0.1, 0.15) is 18.2 Å². The molecule has 0 amide bonds. The maximum atomic E-state index is 5.78. The van der Waals surface area contributed by atoms with Crippen LogP contribution >= 0.6 is 0 Å². The van der Waals surface area contributed by atoms with Crippen LogP contribution in [0, 0.1) is 0 Å². The Kier molecular flexibility index (Phi) is 3.30. The van der Waals surface area contributed by atoms with Gasteiger partial charge >= 0.3 is 0 Å². The molecule has 0 spiro atoms. The summed E-state index contributed by atoms with van der Waals surface area (Å²) in [5.41, 5.74) is 5.54. The first kappa shape index (κ1) is 14.8. The summed E-state index contributed by atoms with van der Waals surface area (Å²) < 4.78 is 5.78. The van der Waals surface area contributed by atoms with Crippen molar-refractivity contribution in [3.05, 3.63) is 48.8 Å². The average molecular weight is 322 g/mol. The predicted molar refractivity (Wildman–Crippen MR) is 101 cm³/mol. The van der Waals surface area contributed by atoms with Crippen LogP contribution in [0.3, 0.4) is 0 Å². The van der Waals surface area contributed by atoms with Crippen LogP contribution in [0.1, 0.15) is 0 Å². The van der Waals surface area contributed by atoms with E-state index in [0.29, 0.717) is 0 Å². The monoisotopic (exact) mass is 322 g/mol. The van der Waals surface area contributed by atoms with Crippen molar-refractivity contribution < 1.29 is 4.74 Å². The molecule has 0 aliphatic carbocycles. The van der Waals surface area contributed by atoms with Crippen LogP contribution in [0.2, 0.25) is 0 Å². The van der Waals surface area contributed by atoms with E-state index in [4.69, 9.17) is 4.74 Å². The maximum Gasteiger partial charge on any atom is 0.144 e. The molecule has 0 unspecified atom stereocenters. The van der Waals surface area contributed by atoms with Gasteiger partial charge in [0, 0.05) is 38.6 Å². The van der Waals surface area contributed by atoms with E-state index < -0.39 is 0 Å². The van der Waals surface area contributed by atoms with Crippen LogP contribution in [0.5, 0.6) is 5.75 Å². The number of benzene rings is 2. The smallest absolute Gasteiger partial charge is 0.144 e. The third kappa shape index (κ3) is 2.24. The summed E-state index contributed by atoms with van der Waals surface area (Å²) >= 11 is 0. The SMILES string of the molecule is C=C1N(C)c2ccc(Nc3ccc4c(c3)OCCN4C)cc2N1C. The van der Waals surface area contributed by atoms with Crippen molar-refractivity contribution in [2.45, 2.75) is 0 Å². The first-order valence-corrected chi connectivity index (χ1v) is 8.10. The second kappa shape index (κ2) is 5.37. The van der Waals surface area contributed by atoms with Gasteiger partial charge in [-0.1, -0.05) is 6.58 Å². The van der Waals surface area contributed by atoms with Gasteiger partial charge in [0.05, 0.1) is 23.6 Å². The molecule has 2 heterocycles. The number of hydrogen-bond donors (Lipinski definition) is 1. The second-order valence-corrected chi connectivity index (χ2v) is 6.32. The number of hydrogen-bond acceptors (Lipinski definition) is 5. The van der Waals surface area contributed by atoms with Crippen molar-refractivity contribution in [2.24, 2.45) is 0 Å². The summed E-state index contributed by atoms with van der Waals surface area (Å²) in [6, 6.07) is 12.6. The van der Waals surface area contributed by atoms with E-state index in [1.165, 1.54) is 5.69 Å². The lowest BCUT2D eigenvalue weighted by Gasteiger charge is -2.28. The van der Waals surface area contributed by atoms with Crippen molar-refractivity contribution in [3.63, 3.8) is 0 Å². The third-order valence-corrected chi connectivity index (χ3v) is 4.82. The zero-order valence-corrected chi connectivity index (χ0v) is 14.3. The van der Waals surface area contributed by atoms with E-state index in [2.05, 4.69) is 70.0 Å². The Hall–Kier alpha value is -2.82. The Morgan fingerprint density at radius 1 is 0.917 bits per heavy atom. The molecular weight excluding hydrogens is 300 g/mol. The topological polar surface area (TPSA) is 31.0 Å². The Morgan fingerprint density at radius 2 is 1.58 bits per heavy atom. The van der Waals surface area contributed by atoms with Crippen molar-refractivity contribution in [3.8, 4) is 5.75 Å². The maximum absolute atomic E-state index is 5.78. The number of ether oxygens (including phenoxy) is 1. The number of anilines is 5. The summed E-state index contributed by atoms with van der Waals surface area (Å²) in [6.45, 7) is 5.76. The normalized spacial score (nSPS) is 16.0. The van der Waals surface area contributed by atoms with Gasteiger partial charge in [-0.3, -0.25) is 0 Å². The Bertz CT molecular complexity index is 817. The quantitative estimate of drug-likeness (QED) is 0.913. The Balaban J connectivity index is 1.62. The Labute approximate surface area is 142 Å². The van der Waals surface area contributed by atoms with Gasteiger partial charge in [-0.2, -0.15) is 0 Å². The summed E-state index contributed by atoms with van der Waals surface area (Å²) in [7, 11) is 6.17. The van der Waals surface area contributed by atoms with Crippen LogP contribution < -0.4 is 24.8 Å². The van der Waals surface area contributed by atoms with Crippen LogP contribution in [-0.4, -0.2) is 34.3 Å². The highest BCUT2D eigenvalue weighted by Crippen LogP contribution is 2.41. The largest absolute Gasteiger partial charge is 0.489 e. The van der Waals surface area contributed by atoms with Crippen molar-refractivity contribution >= 4 is 28.4 Å². The number of likely N-dealkylation sites (N-methyl/N-ethyl adjacent to an activating group) is 1. The van der Waals surface area contributed by atoms with Crippen molar-refractivity contribution in [1.82, 2.24) is 0 Å². The molecule has 24 heavy (non-hydrogen) atoms. The van der Waals surface area contributed by atoms with Crippen LogP contribution in [0.15, 0.2) is 48.8 Å². The summed E-state index contributed by atoms with van der Waals surface area (Å²) in [5.74, 6) is 1.91. The molecule has 0 aromatic heterocycles. The van der Waals surface area contributed by atoms with Crippen molar-refractivity contribution in [1.29, 1.82) is 0 Å². The zero-order valence-electron chi connectivity index (χ0n) is 14.3. The number of nitrogens with zero attached hydrogens (tertiary/aromatic N) is 3. The zero-order chi connectivity index (χ0) is 16.8. The fourth-order valence-corrected chi connectivity index (χ4v) is 3.26. The molecule has 5 heteroatoms. The summed E-state index contributed by atoms with van der Waals surface area (Å²) in [5, 5.41) is 3.48. The molecule has 2 aliphatic rings. The lowest BCUT2D eigenvalue weighted by molar-refractivity contribution is 0.311. The highest BCUT2D eigenvalue weighted by Gasteiger charge is 2.24. The highest BCUT2D eigenvalue weighted by molar-refractivity contribution is 5.85. The van der Waals surface area contributed by atoms with Gasteiger partial charge in [-0.05, 0) is 30.3 Å². The lowest BCUT2D eigenvalue weighted by Crippen LogP contribution is -2.28. The molecule has 4 rings (SSSR count). The fraction of sp³-hybridized carbons (Fsp3) is 0.263. The molecule has 0 saturated heterocycles. The van der Waals surface area contributed by atoms with E-state index >= 15 is 0 Å². The van der Waals surface area contributed by atoms with E-state index in [1.807, 2.05) is 14.1 Å². The molecule has 124 valence electrons. The molecule has 0 radical (unpaired) electrons. The fourth-order valence-electron chi connectivity index (χ4n) is 3.26. The van der Waals surface area contributed by atoms with Gasteiger partial charge in [-0.25, -0.2) is 0 Å². The minimum absolute atomic E-state index is 0.727. The Morgan fingerprint density at radius 3 is 2.38 bits per heavy atom. The van der Waals surface area contributed by atoms with E-state index in [-0.39, 0.29) is 0 Å². The van der Waals surface area contributed by atoms with Gasteiger partial charge in [0.2, 0.25) is 0 Å². The first-order valence-electron chi connectivity index (χ1n) is 8.10. The van der Waals surface area contributed by atoms with E-state index in [1.54, 1.807) is 0 Å². The molecular formula is C19H22N4O. The number of rotatable bonds is 2. The minimum atomic E-state index is 0.727. The average Bonchev–Trinajstić information content (AvgIpc) is 2.79. The lowest BCUT2D eigenvalue weighted by atomic mass is 10.2.